The molecule has 0 saturated heterocycles. The molecule has 0 radical (unpaired) electrons. The molecule has 0 spiro atoms. The molecule has 2 aromatic rings. The highest BCUT2D eigenvalue weighted by Gasteiger charge is 2.33. The van der Waals surface area contributed by atoms with Gasteiger partial charge in [-0.15, -0.1) is 0 Å². The first kappa shape index (κ1) is 19.8. The van der Waals surface area contributed by atoms with E-state index >= 15 is 0 Å². The van der Waals surface area contributed by atoms with E-state index in [1.54, 1.807) is 30.3 Å². The summed E-state index contributed by atoms with van der Waals surface area (Å²) in [6.45, 7) is 0.154. The van der Waals surface area contributed by atoms with Gasteiger partial charge >= 0.3 is 6.18 Å². The van der Waals surface area contributed by atoms with Crippen LogP contribution in [0.25, 0.3) is 0 Å². The van der Waals surface area contributed by atoms with Crippen LogP contribution in [-0.2, 0) is 17.5 Å². The molecule has 0 aliphatic rings. The Hall–Kier alpha value is -3.47. The fourth-order valence-electron chi connectivity index (χ4n) is 2.18. The number of hydrogen-bond donors (Lipinski definition) is 2. The quantitative estimate of drug-likeness (QED) is 0.594. The molecule has 2 N–H and O–H groups in total. The number of methoxy groups -OCH3 is 1. The van der Waals surface area contributed by atoms with Gasteiger partial charge in [-0.25, -0.2) is 0 Å². The van der Waals surface area contributed by atoms with Crippen molar-refractivity contribution in [2.24, 2.45) is 0 Å². The number of rotatable bonds is 6. The maximum atomic E-state index is 13.0. The summed E-state index contributed by atoms with van der Waals surface area (Å²) < 4.78 is 43.9. The number of nitriles is 1. The highest BCUT2D eigenvalue weighted by molar-refractivity contribution is 5.97. The highest BCUT2D eigenvalue weighted by Crippen LogP contribution is 2.34. The van der Waals surface area contributed by atoms with Crippen molar-refractivity contribution in [1.82, 2.24) is 5.32 Å². The zero-order chi connectivity index (χ0) is 19.9. The van der Waals surface area contributed by atoms with Crippen molar-refractivity contribution < 1.29 is 22.7 Å². The fraction of sp³-hybridized carbons (Fsp3) is 0.158. The van der Waals surface area contributed by atoms with Gasteiger partial charge in [0.1, 0.15) is 17.4 Å². The molecule has 0 heterocycles. The average Bonchev–Trinajstić information content (AvgIpc) is 2.66. The third-order valence-corrected chi connectivity index (χ3v) is 3.58. The van der Waals surface area contributed by atoms with Crippen molar-refractivity contribution in [2.45, 2.75) is 12.7 Å². The SMILES string of the molecule is COc1ccc(CNC(=O)/C(C#N)=C\Nc2ccccc2C(F)(F)F)cc1. The van der Waals surface area contributed by atoms with Crippen molar-refractivity contribution in [2.75, 3.05) is 12.4 Å². The van der Waals surface area contributed by atoms with Gasteiger partial charge in [-0.2, -0.15) is 18.4 Å². The fourth-order valence-corrected chi connectivity index (χ4v) is 2.18. The van der Waals surface area contributed by atoms with Gasteiger partial charge in [-0.1, -0.05) is 24.3 Å². The van der Waals surface area contributed by atoms with E-state index in [0.717, 1.165) is 17.8 Å². The lowest BCUT2D eigenvalue weighted by molar-refractivity contribution is -0.136. The summed E-state index contributed by atoms with van der Waals surface area (Å²) in [6.07, 6.45) is -3.60. The molecule has 0 atom stereocenters. The van der Waals surface area contributed by atoms with Crippen LogP contribution in [0.2, 0.25) is 0 Å². The summed E-state index contributed by atoms with van der Waals surface area (Å²) in [5.41, 5.74) is -0.713. The van der Waals surface area contributed by atoms with Crippen LogP contribution >= 0.6 is 0 Å². The molecule has 0 aromatic heterocycles. The van der Waals surface area contributed by atoms with Gasteiger partial charge < -0.3 is 15.4 Å². The molecule has 8 heteroatoms. The first-order valence-corrected chi connectivity index (χ1v) is 7.79. The standard InChI is InChI=1S/C19H16F3N3O2/c1-27-15-8-6-13(7-9-15)11-25-18(26)14(10-23)12-24-17-5-3-2-4-16(17)19(20,21)22/h2-9,12,24H,11H2,1H3,(H,25,26)/b14-12-. The van der Waals surface area contributed by atoms with Gasteiger partial charge in [0.25, 0.3) is 5.91 Å². The predicted molar refractivity (Wildman–Crippen MR) is 93.6 cm³/mol. The molecule has 0 aliphatic carbocycles. The maximum absolute atomic E-state index is 13.0. The van der Waals surface area contributed by atoms with Gasteiger partial charge in [0.05, 0.1) is 18.4 Å². The number of amides is 1. The molecule has 5 nitrogen and oxygen atoms in total. The maximum Gasteiger partial charge on any atom is 0.418 e. The molecule has 2 rings (SSSR count). The Morgan fingerprint density at radius 2 is 1.85 bits per heavy atom. The highest BCUT2D eigenvalue weighted by atomic mass is 19.4. The molecule has 27 heavy (non-hydrogen) atoms. The number of nitrogens with one attached hydrogen (secondary N) is 2. The zero-order valence-corrected chi connectivity index (χ0v) is 14.3. The summed E-state index contributed by atoms with van der Waals surface area (Å²) in [4.78, 5) is 12.1. The number of nitrogens with zero attached hydrogens (tertiary/aromatic N) is 1. The minimum atomic E-state index is -4.55. The first-order chi connectivity index (χ1) is 12.8. The molecule has 2 aromatic carbocycles. The number of carbonyl (C=O) groups is 1. The smallest absolute Gasteiger partial charge is 0.418 e. The van der Waals surface area contributed by atoms with Crippen LogP contribution in [-0.4, -0.2) is 13.0 Å². The van der Waals surface area contributed by atoms with Crippen LogP contribution in [0.15, 0.2) is 60.3 Å². The van der Waals surface area contributed by atoms with Gasteiger partial charge in [-0.3, -0.25) is 4.79 Å². The lowest BCUT2D eigenvalue weighted by atomic mass is 10.1. The predicted octanol–water partition coefficient (Wildman–Crippen LogP) is 3.85. The Bertz CT molecular complexity index is 869. The number of benzene rings is 2. The molecule has 0 bridgehead atoms. The average molecular weight is 375 g/mol. The van der Waals surface area contributed by atoms with Gasteiger partial charge in [-0.05, 0) is 29.8 Å². The Balaban J connectivity index is 2.05. The van der Waals surface area contributed by atoms with E-state index in [1.165, 1.54) is 25.3 Å². The third kappa shape index (κ3) is 5.51. The normalized spacial score (nSPS) is 11.4. The number of anilines is 1. The minimum absolute atomic E-state index is 0.154. The van der Waals surface area contributed by atoms with E-state index in [4.69, 9.17) is 10.00 Å². The first-order valence-electron chi connectivity index (χ1n) is 7.79. The second-order valence-corrected chi connectivity index (χ2v) is 5.39. The monoisotopic (exact) mass is 375 g/mol. The zero-order valence-electron chi connectivity index (χ0n) is 14.3. The van der Waals surface area contributed by atoms with Crippen molar-refractivity contribution in [3.05, 3.63) is 71.4 Å². The summed E-state index contributed by atoms with van der Waals surface area (Å²) in [5, 5.41) is 14.0. The lowest BCUT2D eigenvalue weighted by Crippen LogP contribution is -2.24. The van der Waals surface area contributed by atoms with Crippen molar-refractivity contribution in [3.63, 3.8) is 0 Å². The van der Waals surface area contributed by atoms with E-state index in [2.05, 4.69) is 10.6 Å². The summed E-state index contributed by atoms with van der Waals surface area (Å²) >= 11 is 0. The van der Waals surface area contributed by atoms with Crippen molar-refractivity contribution in [3.8, 4) is 11.8 Å². The summed E-state index contributed by atoms with van der Waals surface area (Å²) in [7, 11) is 1.53. The van der Waals surface area contributed by atoms with Gasteiger partial charge in [0.2, 0.25) is 0 Å². The van der Waals surface area contributed by atoms with Crippen LogP contribution in [0.3, 0.4) is 0 Å². The summed E-state index contributed by atoms with van der Waals surface area (Å²) in [6, 6.07) is 13.4. The molecule has 0 unspecified atom stereocenters. The minimum Gasteiger partial charge on any atom is -0.497 e. The van der Waals surface area contributed by atoms with Crippen LogP contribution in [0.5, 0.6) is 5.75 Å². The van der Waals surface area contributed by atoms with Gasteiger partial charge in [0, 0.05) is 12.7 Å². The molecular weight excluding hydrogens is 359 g/mol. The van der Waals surface area contributed by atoms with Crippen LogP contribution in [0.4, 0.5) is 18.9 Å². The topological polar surface area (TPSA) is 74.1 Å². The molecular formula is C19H16F3N3O2. The molecule has 0 aliphatic heterocycles. The number of alkyl halides is 3. The van der Waals surface area contributed by atoms with E-state index in [-0.39, 0.29) is 17.8 Å². The van der Waals surface area contributed by atoms with Crippen molar-refractivity contribution >= 4 is 11.6 Å². The Morgan fingerprint density at radius 3 is 2.44 bits per heavy atom. The van der Waals surface area contributed by atoms with Crippen LogP contribution in [0, 0.1) is 11.3 Å². The van der Waals surface area contributed by atoms with Crippen LogP contribution < -0.4 is 15.4 Å². The van der Waals surface area contributed by atoms with E-state index in [0.29, 0.717) is 5.75 Å². The second-order valence-electron chi connectivity index (χ2n) is 5.39. The van der Waals surface area contributed by atoms with Gasteiger partial charge in [0.15, 0.2) is 0 Å². The summed E-state index contributed by atoms with van der Waals surface area (Å²) in [5.74, 6) is -0.0412. The lowest BCUT2D eigenvalue weighted by Gasteiger charge is -2.12. The largest absolute Gasteiger partial charge is 0.497 e. The molecule has 140 valence electrons. The van der Waals surface area contributed by atoms with Crippen molar-refractivity contribution in [1.29, 1.82) is 5.26 Å². The third-order valence-electron chi connectivity index (χ3n) is 3.58. The number of halogens is 3. The number of carbonyl (C=O) groups excluding carboxylic acids is 1. The van der Waals surface area contributed by atoms with E-state index in [1.807, 2.05) is 0 Å². The molecule has 0 fully saturated rings. The molecule has 0 saturated carbocycles. The van der Waals surface area contributed by atoms with Crippen LogP contribution in [0.1, 0.15) is 11.1 Å². The number of para-hydroxylation sites is 1. The molecule has 1 amide bonds. The van der Waals surface area contributed by atoms with E-state index in [9.17, 15) is 18.0 Å². The number of hydrogen-bond acceptors (Lipinski definition) is 4. The Morgan fingerprint density at radius 1 is 1.19 bits per heavy atom. The van der Waals surface area contributed by atoms with E-state index < -0.39 is 17.6 Å². The second kappa shape index (κ2) is 8.76. The Kier molecular flexibility index (Phi) is 6.44. The Labute approximate surface area is 154 Å². The number of ether oxygens (including phenoxy) is 1.